The minimum atomic E-state index is -0.389. The second-order valence-corrected chi connectivity index (χ2v) is 6.80. The van der Waals surface area contributed by atoms with Crippen LogP contribution in [0.1, 0.15) is 52.5 Å². The van der Waals surface area contributed by atoms with E-state index in [4.69, 9.17) is 16.3 Å². The average molecular weight is 344 g/mol. The maximum absolute atomic E-state index is 10.5. The number of alkyl carbamates (subject to hydrolysis) is 1. The Morgan fingerprint density at radius 2 is 2.00 bits per heavy atom. The summed E-state index contributed by atoms with van der Waals surface area (Å²) in [7, 11) is 1.54. The topological polar surface area (TPSA) is 58.6 Å². The fourth-order valence-electron chi connectivity index (χ4n) is 1.83. The van der Waals surface area contributed by atoms with E-state index in [1.54, 1.807) is 0 Å². The van der Waals surface area contributed by atoms with Gasteiger partial charge in [-0.1, -0.05) is 37.1 Å². The molecule has 0 fully saturated rings. The largest absolute Gasteiger partial charge is 0.444 e. The highest BCUT2D eigenvalue weighted by Gasteiger charge is 2.13. The minimum Gasteiger partial charge on any atom is -0.444 e. The number of nitrogens with one attached hydrogen (secondary N) is 1. The van der Waals surface area contributed by atoms with Crippen molar-refractivity contribution in [1.82, 2.24) is 5.32 Å². The van der Waals surface area contributed by atoms with Crippen molar-refractivity contribution in [2.24, 2.45) is 0 Å². The molecule has 1 unspecified atom stereocenters. The van der Waals surface area contributed by atoms with Crippen LogP contribution in [0.3, 0.4) is 0 Å². The normalized spacial score (nSPS) is 12.0. The standard InChI is InChI=1S/C12H17ClO.C6H13NO2/c1-2-4-12(14)8-7-10-5-3-6-11(13)9-10;1-6(2,3)9-5(8)7-4/h3,5-6,9,12,14H,2,4,7-8H2,1H3;1-4H3,(H,7,8). The first-order chi connectivity index (χ1) is 10.7. The van der Waals surface area contributed by atoms with Gasteiger partial charge in [0.15, 0.2) is 0 Å². The summed E-state index contributed by atoms with van der Waals surface area (Å²) >= 11 is 5.86. The quantitative estimate of drug-likeness (QED) is 0.823. The van der Waals surface area contributed by atoms with Crippen LogP contribution in [-0.4, -0.2) is 30.0 Å². The number of halogens is 1. The Labute approximate surface area is 145 Å². The summed E-state index contributed by atoms with van der Waals surface area (Å²) in [6.45, 7) is 7.55. The van der Waals surface area contributed by atoms with Crippen molar-refractivity contribution < 1.29 is 14.6 Å². The fraction of sp³-hybridized carbons (Fsp3) is 0.611. The van der Waals surface area contributed by atoms with Crippen molar-refractivity contribution in [3.63, 3.8) is 0 Å². The summed E-state index contributed by atoms with van der Waals surface area (Å²) < 4.78 is 4.84. The van der Waals surface area contributed by atoms with Crippen molar-refractivity contribution in [2.45, 2.75) is 65.1 Å². The van der Waals surface area contributed by atoms with Gasteiger partial charge in [0.25, 0.3) is 0 Å². The van der Waals surface area contributed by atoms with E-state index in [9.17, 15) is 9.90 Å². The van der Waals surface area contributed by atoms with E-state index in [2.05, 4.69) is 12.2 Å². The summed E-state index contributed by atoms with van der Waals surface area (Å²) in [6.07, 6.45) is 3.11. The van der Waals surface area contributed by atoms with Crippen LogP contribution in [0.2, 0.25) is 5.02 Å². The summed E-state index contributed by atoms with van der Waals surface area (Å²) in [5.74, 6) is 0. The zero-order valence-electron chi connectivity index (χ0n) is 14.9. The van der Waals surface area contributed by atoms with Crippen LogP contribution in [0.5, 0.6) is 0 Å². The zero-order valence-corrected chi connectivity index (χ0v) is 15.6. The van der Waals surface area contributed by atoms with E-state index in [0.29, 0.717) is 0 Å². The third-order valence-electron chi connectivity index (χ3n) is 2.88. The van der Waals surface area contributed by atoms with Gasteiger partial charge in [0, 0.05) is 12.1 Å². The Hall–Kier alpha value is -1.26. The average Bonchev–Trinajstić information content (AvgIpc) is 2.44. The van der Waals surface area contributed by atoms with Gasteiger partial charge < -0.3 is 15.2 Å². The van der Waals surface area contributed by atoms with Gasteiger partial charge in [0.05, 0.1) is 6.10 Å². The molecule has 0 saturated heterocycles. The van der Waals surface area contributed by atoms with Crippen LogP contribution in [-0.2, 0) is 11.2 Å². The molecule has 1 aromatic rings. The van der Waals surface area contributed by atoms with Crippen molar-refractivity contribution in [3.8, 4) is 0 Å². The maximum atomic E-state index is 10.5. The molecule has 0 aromatic heterocycles. The minimum absolute atomic E-state index is 0.168. The number of ether oxygens (including phenoxy) is 1. The Morgan fingerprint density at radius 3 is 2.43 bits per heavy atom. The SMILES string of the molecule is CCCC(O)CCc1cccc(Cl)c1.CNC(=O)OC(C)(C)C. The van der Waals surface area contributed by atoms with Gasteiger partial charge in [-0.2, -0.15) is 0 Å². The summed E-state index contributed by atoms with van der Waals surface area (Å²) in [4.78, 5) is 10.5. The second kappa shape index (κ2) is 11.3. The predicted molar refractivity (Wildman–Crippen MR) is 96.0 cm³/mol. The summed E-state index contributed by atoms with van der Waals surface area (Å²) in [5.41, 5.74) is 0.813. The molecule has 1 amide bonds. The number of hydrogen-bond acceptors (Lipinski definition) is 3. The molecule has 0 aliphatic rings. The van der Waals surface area contributed by atoms with E-state index in [-0.39, 0.29) is 17.8 Å². The monoisotopic (exact) mass is 343 g/mol. The Bertz CT molecular complexity index is 458. The first-order valence-electron chi connectivity index (χ1n) is 8.01. The summed E-state index contributed by atoms with van der Waals surface area (Å²) in [6, 6.07) is 7.82. The molecule has 0 radical (unpaired) electrons. The highest BCUT2D eigenvalue weighted by atomic mass is 35.5. The van der Waals surface area contributed by atoms with Gasteiger partial charge in [-0.25, -0.2) is 4.79 Å². The first kappa shape index (κ1) is 21.7. The molecule has 5 heteroatoms. The molecule has 132 valence electrons. The second-order valence-electron chi connectivity index (χ2n) is 6.36. The molecule has 0 aliphatic heterocycles. The lowest BCUT2D eigenvalue weighted by molar-refractivity contribution is 0.0541. The van der Waals surface area contributed by atoms with E-state index < -0.39 is 0 Å². The molecule has 2 N–H and O–H groups in total. The van der Waals surface area contributed by atoms with Gasteiger partial charge in [-0.05, 0) is 57.7 Å². The highest BCUT2D eigenvalue weighted by molar-refractivity contribution is 6.30. The number of carbonyl (C=O) groups is 1. The van der Waals surface area contributed by atoms with Crippen LogP contribution in [0, 0.1) is 0 Å². The molecule has 0 spiro atoms. The molecule has 0 heterocycles. The lowest BCUT2D eigenvalue weighted by Gasteiger charge is -2.18. The number of carbonyl (C=O) groups excluding carboxylic acids is 1. The van der Waals surface area contributed by atoms with Crippen LogP contribution in [0.15, 0.2) is 24.3 Å². The van der Waals surface area contributed by atoms with E-state index in [1.165, 1.54) is 12.6 Å². The molecule has 1 atom stereocenters. The van der Waals surface area contributed by atoms with Crippen LogP contribution >= 0.6 is 11.6 Å². The number of aliphatic hydroxyl groups excluding tert-OH is 1. The predicted octanol–water partition coefficient (Wildman–Crippen LogP) is 4.57. The Kier molecular flexibility index (Phi) is 10.7. The van der Waals surface area contributed by atoms with Crippen molar-refractivity contribution in [3.05, 3.63) is 34.9 Å². The van der Waals surface area contributed by atoms with Gasteiger partial charge in [-0.3, -0.25) is 0 Å². The lowest BCUT2D eigenvalue weighted by Crippen LogP contribution is -2.30. The zero-order chi connectivity index (χ0) is 17.9. The number of aliphatic hydroxyl groups is 1. The number of hydrogen-bond donors (Lipinski definition) is 2. The maximum Gasteiger partial charge on any atom is 0.407 e. The Balaban J connectivity index is 0.000000468. The van der Waals surface area contributed by atoms with Gasteiger partial charge >= 0.3 is 6.09 Å². The van der Waals surface area contributed by atoms with Gasteiger partial charge in [0.2, 0.25) is 0 Å². The molecule has 4 nitrogen and oxygen atoms in total. The molecule has 1 aromatic carbocycles. The smallest absolute Gasteiger partial charge is 0.407 e. The molecule has 0 aliphatic carbocycles. The highest BCUT2D eigenvalue weighted by Crippen LogP contribution is 2.14. The third-order valence-corrected chi connectivity index (χ3v) is 3.12. The number of aryl methyl sites for hydroxylation is 1. The van der Waals surface area contributed by atoms with Crippen molar-refractivity contribution >= 4 is 17.7 Å². The van der Waals surface area contributed by atoms with Crippen LogP contribution in [0.25, 0.3) is 0 Å². The molecular formula is C18H30ClNO3. The number of amides is 1. The van der Waals surface area contributed by atoms with Crippen LogP contribution < -0.4 is 5.32 Å². The molecule has 0 bridgehead atoms. The third kappa shape index (κ3) is 12.9. The van der Waals surface area contributed by atoms with Gasteiger partial charge in [0.1, 0.15) is 5.60 Å². The number of benzene rings is 1. The molecular weight excluding hydrogens is 314 g/mol. The molecule has 1 rings (SSSR count). The fourth-order valence-corrected chi connectivity index (χ4v) is 2.05. The Morgan fingerprint density at radius 1 is 1.35 bits per heavy atom. The van der Waals surface area contributed by atoms with Crippen molar-refractivity contribution in [2.75, 3.05) is 7.05 Å². The van der Waals surface area contributed by atoms with E-state index in [1.807, 2.05) is 45.0 Å². The number of rotatable bonds is 5. The van der Waals surface area contributed by atoms with E-state index >= 15 is 0 Å². The van der Waals surface area contributed by atoms with Gasteiger partial charge in [-0.15, -0.1) is 0 Å². The summed E-state index contributed by atoms with van der Waals surface area (Å²) in [5, 5.41) is 12.7. The molecule has 23 heavy (non-hydrogen) atoms. The first-order valence-corrected chi connectivity index (χ1v) is 8.39. The lowest BCUT2D eigenvalue weighted by atomic mass is 10.0. The van der Waals surface area contributed by atoms with Crippen molar-refractivity contribution in [1.29, 1.82) is 0 Å². The van der Waals surface area contributed by atoms with Crippen LogP contribution in [0.4, 0.5) is 4.79 Å². The molecule has 0 saturated carbocycles. The van der Waals surface area contributed by atoms with E-state index in [0.717, 1.165) is 30.7 Å².